The van der Waals surface area contributed by atoms with Crippen LogP contribution in [0.1, 0.15) is 110 Å². The molecule has 3 heteroatoms. The Hall–Kier alpha value is -0.830. The van der Waals surface area contributed by atoms with Gasteiger partial charge in [0, 0.05) is 6.42 Å². The monoisotopic (exact) mass is 353 g/mol. The van der Waals surface area contributed by atoms with Crippen molar-refractivity contribution in [3.8, 4) is 0 Å². The molecule has 1 atom stereocenters. The van der Waals surface area contributed by atoms with Crippen LogP contribution in [0.15, 0.2) is 12.2 Å². The molecule has 0 aliphatic heterocycles. The highest BCUT2D eigenvalue weighted by Crippen LogP contribution is 2.12. The molecule has 1 amide bonds. The molecule has 0 saturated heterocycles. The van der Waals surface area contributed by atoms with Crippen molar-refractivity contribution in [1.82, 2.24) is 5.32 Å². The lowest BCUT2D eigenvalue weighted by Gasteiger charge is -2.13. The highest BCUT2D eigenvalue weighted by molar-refractivity contribution is 5.76. The summed E-state index contributed by atoms with van der Waals surface area (Å²) in [5.41, 5.74) is 0. The summed E-state index contributed by atoms with van der Waals surface area (Å²) in [6.07, 6.45) is 22.6. The van der Waals surface area contributed by atoms with Crippen molar-refractivity contribution in [2.45, 2.75) is 116 Å². The fraction of sp³-hybridized carbons (Fsp3) is 0.864. The van der Waals surface area contributed by atoms with E-state index in [0.29, 0.717) is 6.42 Å². The first-order chi connectivity index (χ1) is 12.2. The number of aliphatic hydroxyl groups excluding tert-OH is 1. The second kappa shape index (κ2) is 19.5. The number of unbranched alkanes of at least 4 members (excludes halogenated alkanes) is 11. The zero-order valence-corrected chi connectivity index (χ0v) is 16.9. The number of rotatable bonds is 18. The number of hydrogen-bond acceptors (Lipinski definition) is 2. The maximum atomic E-state index is 11.7. The van der Waals surface area contributed by atoms with E-state index in [1.54, 1.807) is 0 Å². The molecule has 148 valence electrons. The first-order valence-electron chi connectivity index (χ1n) is 10.8. The number of allylic oxidation sites excluding steroid dienone is 2. The van der Waals surface area contributed by atoms with E-state index in [9.17, 15) is 4.79 Å². The molecule has 0 aromatic heterocycles. The molecule has 0 spiro atoms. The summed E-state index contributed by atoms with van der Waals surface area (Å²) in [5.74, 6) is 0.0876. The average Bonchev–Trinajstić information content (AvgIpc) is 2.62. The highest BCUT2D eigenvalue weighted by atomic mass is 16.3. The molecule has 1 unspecified atom stereocenters. The lowest BCUT2D eigenvalue weighted by Crippen LogP contribution is -2.36. The van der Waals surface area contributed by atoms with E-state index >= 15 is 0 Å². The van der Waals surface area contributed by atoms with Crippen LogP contribution in [0.3, 0.4) is 0 Å². The fourth-order valence-electron chi connectivity index (χ4n) is 2.92. The van der Waals surface area contributed by atoms with Crippen molar-refractivity contribution in [2.75, 3.05) is 6.61 Å². The largest absolute Gasteiger partial charge is 0.394 e. The third-order valence-electron chi connectivity index (χ3n) is 4.74. The third kappa shape index (κ3) is 17.8. The van der Waals surface area contributed by atoms with Crippen LogP contribution in [0.4, 0.5) is 0 Å². The number of nitrogens with one attached hydrogen (secondary N) is 1. The number of hydrogen-bond donors (Lipinski definition) is 2. The second-order valence-electron chi connectivity index (χ2n) is 7.19. The fourth-order valence-corrected chi connectivity index (χ4v) is 2.92. The molecular formula is C22H43NO2. The zero-order chi connectivity index (χ0) is 18.6. The number of amides is 1. The Morgan fingerprint density at radius 3 is 1.88 bits per heavy atom. The first kappa shape index (κ1) is 24.2. The van der Waals surface area contributed by atoms with Crippen LogP contribution in [0.2, 0.25) is 0 Å². The smallest absolute Gasteiger partial charge is 0.220 e. The molecule has 0 aromatic carbocycles. The predicted octanol–water partition coefficient (Wildman–Crippen LogP) is 5.91. The van der Waals surface area contributed by atoms with Gasteiger partial charge in [0.15, 0.2) is 0 Å². The zero-order valence-electron chi connectivity index (χ0n) is 16.9. The molecule has 0 fully saturated rings. The Labute approximate surface area is 156 Å². The van der Waals surface area contributed by atoms with Gasteiger partial charge in [-0.25, -0.2) is 0 Å². The van der Waals surface area contributed by atoms with Crippen LogP contribution in [0.5, 0.6) is 0 Å². The molecule has 0 aliphatic rings. The van der Waals surface area contributed by atoms with Crippen LogP contribution >= 0.6 is 0 Å². The van der Waals surface area contributed by atoms with E-state index in [-0.39, 0.29) is 18.6 Å². The van der Waals surface area contributed by atoms with Crippen molar-refractivity contribution in [3.63, 3.8) is 0 Å². The summed E-state index contributed by atoms with van der Waals surface area (Å²) in [5, 5.41) is 11.9. The van der Waals surface area contributed by atoms with Crippen molar-refractivity contribution in [1.29, 1.82) is 0 Å². The van der Waals surface area contributed by atoms with Gasteiger partial charge in [-0.2, -0.15) is 0 Å². The lowest BCUT2D eigenvalue weighted by molar-refractivity contribution is -0.122. The van der Waals surface area contributed by atoms with Gasteiger partial charge in [0.25, 0.3) is 0 Å². The van der Waals surface area contributed by atoms with E-state index < -0.39 is 0 Å². The van der Waals surface area contributed by atoms with Gasteiger partial charge >= 0.3 is 0 Å². The Kier molecular flexibility index (Phi) is 18.8. The Bertz CT molecular complexity index is 311. The molecule has 0 bridgehead atoms. The number of aliphatic hydroxyl groups is 1. The second-order valence-corrected chi connectivity index (χ2v) is 7.19. The molecule has 25 heavy (non-hydrogen) atoms. The van der Waals surface area contributed by atoms with E-state index in [2.05, 4.69) is 24.4 Å². The van der Waals surface area contributed by atoms with Crippen molar-refractivity contribution >= 4 is 5.91 Å². The minimum Gasteiger partial charge on any atom is -0.394 e. The highest BCUT2D eigenvalue weighted by Gasteiger charge is 2.08. The molecule has 0 radical (unpaired) electrons. The standard InChI is InChI=1S/C22H43NO2/c1-3-5-6-7-8-9-10-11-12-13-14-15-16-17-18-19-22(25)23-21(4-2)20-24/h7-8,21,24H,3-6,9-20H2,1-2H3,(H,23,25). The maximum absolute atomic E-state index is 11.7. The average molecular weight is 354 g/mol. The predicted molar refractivity (Wildman–Crippen MR) is 109 cm³/mol. The summed E-state index contributed by atoms with van der Waals surface area (Å²) < 4.78 is 0. The van der Waals surface area contributed by atoms with Crippen LogP contribution < -0.4 is 5.32 Å². The molecule has 3 nitrogen and oxygen atoms in total. The van der Waals surface area contributed by atoms with Crippen LogP contribution in [-0.2, 0) is 4.79 Å². The quantitative estimate of drug-likeness (QED) is 0.238. The number of carbonyl (C=O) groups is 1. The Balaban J connectivity index is 3.23. The molecule has 0 rings (SSSR count). The van der Waals surface area contributed by atoms with Gasteiger partial charge in [0.1, 0.15) is 0 Å². The Morgan fingerprint density at radius 1 is 0.840 bits per heavy atom. The van der Waals surface area contributed by atoms with Crippen molar-refractivity contribution in [2.24, 2.45) is 0 Å². The summed E-state index contributed by atoms with van der Waals surface area (Å²) >= 11 is 0. The van der Waals surface area contributed by atoms with Gasteiger partial charge in [0.2, 0.25) is 5.91 Å². The van der Waals surface area contributed by atoms with Gasteiger partial charge in [0.05, 0.1) is 12.6 Å². The third-order valence-corrected chi connectivity index (χ3v) is 4.74. The van der Waals surface area contributed by atoms with Gasteiger partial charge in [-0.3, -0.25) is 4.79 Å². The van der Waals surface area contributed by atoms with E-state index in [1.807, 2.05) is 6.92 Å². The summed E-state index contributed by atoms with van der Waals surface area (Å²) in [6, 6.07) is -0.0701. The van der Waals surface area contributed by atoms with Gasteiger partial charge < -0.3 is 10.4 Å². The van der Waals surface area contributed by atoms with Crippen LogP contribution in [0, 0.1) is 0 Å². The minimum atomic E-state index is -0.0701. The van der Waals surface area contributed by atoms with Crippen molar-refractivity contribution < 1.29 is 9.90 Å². The molecule has 0 saturated carbocycles. The molecule has 2 N–H and O–H groups in total. The molecule has 0 heterocycles. The molecular weight excluding hydrogens is 310 g/mol. The lowest BCUT2D eigenvalue weighted by atomic mass is 10.1. The molecule has 0 aliphatic carbocycles. The summed E-state index contributed by atoms with van der Waals surface area (Å²) in [6.45, 7) is 4.26. The SMILES string of the molecule is CCCCC=CCCCCCCCCCCCC(=O)NC(CC)CO. The van der Waals surface area contributed by atoms with Gasteiger partial charge in [-0.1, -0.05) is 83.8 Å². The molecule has 0 aromatic rings. The minimum absolute atomic E-state index is 0.0391. The van der Waals surface area contributed by atoms with E-state index in [4.69, 9.17) is 5.11 Å². The van der Waals surface area contributed by atoms with E-state index in [1.165, 1.54) is 70.6 Å². The maximum Gasteiger partial charge on any atom is 0.220 e. The van der Waals surface area contributed by atoms with Crippen LogP contribution in [-0.4, -0.2) is 23.7 Å². The van der Waals surface area contributed by atoms with Gasteiger partial charge in [-0.05, 0) is 32.1 Å². The van der Waals surface area contributed by atoms with Crippen molar-refractivity contribution in [3.05, 3.63) is 12.2 Å². The summed E-state index contributed by atoms with van der Waals surface area (Å²) in [7, 11) is 0. The first-order valence-corrected chi connectivity index (χ1v) is 10.8. The number of carbonyl (C=O) groups excluding carboxylic acids is 1. The van der Waals surface area contributed by atoms with Crippen LogP contribution in [0.25, 0.3) is 0 Å². The van der Waals surface area contributed by atoms with Gasteiger partial charge in [-0.15, -0.1) is 0 Å². The summed E-state index contributed by atoms with van der Waals surface area (Å²) in [4.78, 5) is 11.7. The van der Waals surface area contributed by atoms with E-state index in [0.717, 1.165) is 19.3 Å². The topological polar surface area (TPSA) is 49.3 Å². The normalized spacial score (nSPS) is 12.6. The Morgan fingerprint density at radius 2 is 1.36 bits per heavy atom.